The molecule has 3 rings (SSSR count). The molecule has 2 N–H and O–H groups in total. The van der Waals surface area contributed by atoms with Gasteiger partial charge in [-0.15, -0.1) is 5.10 Å². The predicted molar refractivity (Wildman–Crippen MR) is 74.3 cm³/mol. The van der Waals surface area contributed by atoms with Gasteiger partial charge in [0.1, 0.15) is 5.69 Å². The number of ether oxygens (including phenoxy) is 2. The number of hydrogen-bond donors (Lipinski definition) is 1. The van der Waals surface area contributed by atoms with Crippen LogP contribution in [0.1, 0.15) is 30.1 Å². The summed E-state index contributed by atoms with van der Waals surface area (Å²) in [5, 5.41) is 8.43. The fraction of sp³-hybridized carbons (Fsp3) is 0.429. The summed E-state index contributed by atoms with van der Waals surface area (Å²) in [5.74, 6) is 1.90. The molecule has 0 amide bonds. The van der Waals surface area contributed by atoms with Gasteiger partial charge in [-0.1, -0.05) is 5.21 Å². The first-order valence-corrected chi connectivity index (χ1v) is 6.65. The van der Waals surface area contributed by atoms with Gasteiger partial charge in [-0.25, -0.2) is 4.68 Å². The maximum atomic E-state index is 5.75. The van der Waals surface area contributed by atoms with Crippen molar-refractivity contribution in [3.05, 3.63) is 29.6 Å². The molecular formula is C14H18N4O2. The molecule has 1 saturated carbocycles. The van der Waals surface area contributed by atoms with Crippen LogP contribution in [0.2, 0.25) is 0 Å². The van der Waals surface area contributed by atoms with E-state index < -0.39 is 0 Å². The molecule has 0 spiro atoms. The van der Waals surface area contributed by atoms with Crippen molar-refractivity contribution in [2.75, 3.05) is 14.2 Å². The van der Waals surface area contributed by atoms with Crippen molar-refractivity contribution in [1.82, 2.24) is 15.0 Å². The average molecular weight is 274 g/mol. The van der Waals surface area contributed by atoms with E-state index in [1.807, 2.05) is 22.9 Å². The average Bonchev–Trinajstić information content (AvgIpc) is 3.25. The number of nitrogens with two attached hydrogens (primary N) is 1. The summed E-state index contributed by atoms with van der Waals surface area (Å²) in [6, 6.07) is 5.72. The summed E-state index contributed by atoms with van der Waals surface area (Å²) >= 11 is 0. The highest BCUT2D eigenvalue weighted by Gasteiger charge is 2.31. The van der Waals surface area contributed by atoms with Crippen LogP contribution in [0.5, 0.6) is 11.5 Å². The zero-order valence-electron chi connectivity index (χ0n) is 11.7. The number of methoxy groups -OCH3 is 2. The highest BCUT2D eigenvalue weighted by Crippen LogP contribution is 2.42. The quantitative estimate of drug-likeness (QED) is 0.896. The van der Waals surface area contributed by atoms with Gasteiger partial charge in [-0.05, 0) is 25.0 Å². The van der Waals surface area contributed by atoms with Crippen LogP contribution in [-0.4, -0.2) is 29.2 Å². The Morgan fingerprint density at radius 3 is 2.60 bits per heavy atom. The van der Waals surface area contributed by atoms with Gasteiger partial charge in [0.2, 0.25) is 0 Å². The lowest BCUT2D eigenvalue weighted by molar-refractivity contribution is 0.354. The molecule has 0 saturated heterocycles. The first-order valence-electron chi connectivity index (χ1n) is 6.65. The second kappa shape index (κ2) is 5.13. The van der Waals surface area contributed by atoms with E-state index in [1.54, 1.807) is 14.2 Å². The summed E-state index contributed by atoms with van der Waals surface area (Å²) in [4.78, 5) is 0. The zero-order chi connectivity index (χ0) is 14.1. The third-order valence-corrected chi connectivity index (χ3v) is 3.55. The van der Waals surface area contributed by atoms with Gasteiger partial charge in [0.15, 0.2) is 11.5 Å². The van der Waals surface area contributed by atoms with Crippen LogP contribution in [0, 0.1) is 0 Å². The highest BCUT2D eigenvalue weighted by atomic mass is 16.5. The van der Waals surface area contributed by atoms with E-state index in [0.717, 1.165) is 17.1 Å². The number of hydrogen-bond acceptors (Lipinski definition) is 5. The Morgan fingerprint density at radius 1 is 1.25 bits per heavy atom. The summed E-state index contributed by atoms with van der Waals surface area (Å²) < 4.78 is 12.5. The third kappa shape index (κ3) is 2.12. The topological polar surface area (TPSA) is 75.2 Å². The minimum absolute atomic E-state index is 0.416. The van der Waals surface area contributed by atoms with Crippen molar-refractivity contribution >= 4 is 0 Å². The smallest absolute Gasteiger partial charge is 0.162 e. The molecule has 1 aromatic heterocycles. The SMILES string of the molecule is COc1ccc(-n2nnc(CN)c2C2CC2)cc1OC. The summed E-state index contributed by atoms with van der Waals surface area (Å²) in [5.41, 5.74) is 8.66. The first kappa shape index (κ1) is 12.9. The molecule has 1 aliphatic carbocycles. The van der Waals surface area contributed by atoms with Crippen molar-refractivity contribution in [3.8, 4) is 17.2 Å². The Balaban J connectivity index is 2.07. The highest BCUT2D eigenvalue weighted by molar-refractivity contribution is 5.49. The van der Waals surface area contributed by atoms with Crippen LogP contribution in [0.4, 0.5) is 0 Å². The van der Waals surface area contributed by atoms with Crippen LogP contribution < -0.4 is 15.2 Å². The van der Waals surface area contributed by atoms with Crippen molar-refractivity contribution in [1.29, 1.82) is 0 Å². The van der Waals surface area contributed by atoms with Crippen LogP contribution >= 0.6 is 0 Å². The van der Waals surface area contributed by atoms with E-state index in [2.05, 4.69) is 10.3 Å². The number of rotatable bonds is 5. The van der Waals surface area contributed by atoms with Crippen molar-refractivity contribution < 1.29 is 9.47 Å². The monoisotopic (exact) mass is 274 g/mol. The molecule has 0 atom stereocenters. The van der Waals surface area contributed by atoms with E-state index in [9.17, 15) is 0 Å². The molecule has 1 heterocycles. The summed E-state index contributed by atoms with van der Waals surface area (Å²) in [6.07, 6.45) is 2.35. The lowest BCUT2D eigenvalue weighted by Crippen LogP contribution is -2.05. The molecule has 0 aliphatic heterocycles. The zero-order valence-corrected chi connectivity index (χ0v) is 11.7. The van der Waals surface area contributed by atoms with Gasteiger partial charge in [-0.2, -0.15) is 0 Å². The van der Waals surface area contributed by atoms with Gasteiger partial charge < -0.3 is 15.2 Å². The predicted octanol–water partition coefficient (Wildman–Crippen LogP) is 1.62. The minimum Gasteiger partial charge on any atom is -0.493 e. The van der Waals surface area contributed by atoms with Crippen LogP contribution in [0.25, 0.3) is 5.69 Å². The number of nitrogens with zero attached hydrogens (tertiary/aromatic N) is 3. The van der Waals surface area contributed by atoms with Crippen molar-refractivity contribution in [2.24, 2.45) is 5.73 Å². The second-order valence-electron chi connectivity index (χ2n) is 4.85. The lowest BCUT2D eigenvalue weighted by atomic mass is 10.2. The molecule has 0 radical (unpaired) electrons. The molecule has 106 valence electrons. The van der Waals surface area contributed by atoms with Gasteiger partial charge in [-0.3, -0.25) is 0 Å². The Labute approximate surface area is 117 Å². The van der Waals surface area contributed by atoms with E-state index >= 15 is 0 Å². The largest absolute Gasteiger partial charge is 0.493 e. The van der Waals surface area contributed by atoms with Crippen LogP contribution in [-0.2, 0) is 6.54 Å². The van der Waals surface area contributed by atoms with Crippen LogP contribution in [0.15, 0.2) is 18.2 Å². The fourth-order valence-corrected chi connectivity index (χ4v) is 2.38. The molecule has 1 aromatic carbocycles. The van der Waals surface area contributed by atoms with Crippen molar-refractivity contribution in [3.63, 3.8) is 0 Å². The van der Waals surface area contributed by atoms with E-state index in [1.165, 1.54) is 12.8 Å². The summed E-state index contributed by atoms with van der Waals surface area (Å²) in [6.45, 7) is 0.416. The Bertz CT molecular complexity index is 620. The number of benzene rings is 1. The molecule has 6 nitrogen and oxygen atoms in total. The van der Waals surface area contributed by atoms with Gasteiger partial charge in [0.25, 0.3) is 0 Å². The molecule has 2 aromatic rings. The Morgan fingerprint density at radius 2 is 2.00 bits per heavy atom. The third-order valence-electron chi connectivity index (χ3n) is 3.55. The normalized spacial score (nSPS) is 14.3. The molecule has 0 unspecified atom stereocenters. The van der Waals surface area contributed by atoms with E-state index in [0.29, 0.717) is 24.0 Å². The first-order chi connectivity index (χ1) is 9.78. The Hall–Kier alpha value is -2.08. The van der Waals surface area contributed by atoms with E-state index in [-0.39, 0.29) is 0 Å². The van der Waals surface area contributed by atoms with Crippen LogP contribution in [0.3, 0.4) is 0 Å². The molecule has 20 heavy (non-hydrogen) atoms. The standard InChI is InChI=1S/C14H18N4O2/c1-19-12-6-5-10(7-13(12)20-2)18-14(9-3-4-9)11(8-15)16-17-18/h5-7,9H,3-4,8,15H2,1-2H3. The molecular weight excluding hydrogens is 256 g/mol. The van der Waals surface area contributed by atoms with Gasteiger partial charge >= 0.3 is 0 Å². The molecule has 1 aliphatic rings. The second-order valence-corrected chi connectivity index (χ2v) is 4.85. The van der Waals surface area contributed by atoms with Crippen molar-refractivity contribution in [2.45, 2.75) is 25.3 Å². The van der Waals surface area contributed by atoms with Gasteiger partial charge in [0.05, 0.1) is 25.6 Å². The lowest BCUT2D eigenvalue weighted by Gasteiger charge is -2.11. The maximum absolute atomic E-state index is 5.75. The number of aromatic nitrogens is 3. The Kier molecular flexibility index (Phi) is 3.31. The van der Waals surface area contributed by atoms with Gasteiger partial charge in [0, 0.05) is 18.5 Å². The molecule has 6 heteroatoms. The molecule has 1 fully saturated rings. The maximum Gasteiger partial charge on any atom is 0.162 e. The summed E-state index contributed by atoms with van der Waals surface area (Å²) in [7, 11) is 3.24. The molecule has 0 bridgehead atoms. The fourth-order valence-electron chi connectivity index (χ4n) is 2.38. The van der Waals surface area contributed by atoms with E-state index in [4.69, 9.17) is 15.2 Å². The minimum atomic E-state index is 0.416.